The zero-order valence-corrected chi connectivity index (χ0v) is 12.7. The number of nitrogens with one attached hydrogen (secondary N) is 1. The standard InChI is InChI=1S/C14H25N3OS/c1-3-17(4-2)14-16-10-13(19-14)9-15-11-6-5-7-12(18)8-11/h10-12,15,18H,3-9H2,1-2H3. The molecular formula is C14H25N3OS. The van der Waals surface area contributed by atoms with E-state index in [-0.39, 0.29) is 6.10 Å². The molecule has 2 atom stereocenters. The summed E-state index contributed by atoms with van der Waals surface area (Å²) >= 11 is 1.77. The van der Waals surface area contributed by atoms with Crippen molar-refractivity contribution in [3.8, 4) is 0 Å². The fraction of sp³-hybridized carbons (Fsp3) is 0.786. The lowest BCUT2D eigenvalue weighted by Gasteiger charge is -2.26. The molecule has 1 aliphatic carbocycles. The van der Waals surface area contributed by atoms with E-state index in [1.165, 1.54) is 11.3 Å². The third-order valence-corrected chi connectivity index (χ3v) is 4.84. The van der Waals surface area contributed by atoms with E-state index in [4.69, 9.17) is 0 Å². The zero-order chi connectivity index (χ0) is 13.7. The van der Waals surface area contributed by atoms with Gasteiger partial charge in [-0.05, 0) is 39.5 Å². The van der Waals surface area contributed by atoms with Crippen LogP contribution < -0.4 is 10.2 Å². The monoisotopic (exact) mass is 283 g/mol. The highest BCUT2D eigenvalue weighted by molar-refractivity contribution is 7.15. The number of hydrogen-bond acceptors (Lipinski definition) is 5. The highest BCUT2D eigenvalue weighted by Gasteiger charge is 2.19. The lowest BCUT2D eigenvalue weighted by atomic mass is 9.93. The molecule has 2 unspecified atom stereocenters. The van der Waals surface area contributed by atoms with Crippen molar-refractivity contribution in [2.24, 2.45) is 0 Å². The molecule has 0 aromatic carbocycles. The van der Waals surface area contributed by atoms with E-state index < -0.39 is 0 Å². The topological polar surface area (TPSA) is 48.4 Å². The van der Waals surface area contributed by atoms with E-state index in [0.717, 1.165) is 44.0 Å². The Balaban J connectivity index is 1.83. The van der Waals surface area contributed by atoms with E-state index in [0.29, 0.717) is 6.04 Å². The van der Waals surface area contributed by atoms with Crippen molar-refractivity contribution >= 4 is 16.5 Å². The van der Waals surface area contributed by atoms with E-state index in [2.05, 4.69) is 29.0 Å². The zero-order valence-electron chi connectivity index (χ0n) is 11.9. The molecule has 4 nitrogen and oxygen atoms in total. The number of aliphatic hydroxyl groups excluding tert-OH is 1. The number of aliphatic hydroxyl groups is 1. The van der Waals surface area contributed by atoms with Gasteiger partial charge in [0, 0.05) is 36.8 Å². The molecule has 2 N–H and O–H groups in total. The number of rotatable bonds is 6. The molecule has 1 saturated carbocycles. The third-order valence-electron chi connectivity index (χ3n) is 3.79. The molecule has 1 aromatic rings. The van der Waals surface area contributed by atoms with Crippen LogP contribution in [-0.4, -0.2) is 35.3 Å². The Morgan fingerprint density at radius 3 is 2.89 bits per heavy atom. The number of anilines is 1. The van der Waals surface area contributed by atoms with Gasteiger partial charge in [-0.2, -0.15) is 0 Å². The Kier molecular flexibility index (Phi) is 5.60. The van der Waals surface area contributed by atoms with Crippen LogP contribution in [0.2, 0.25) is 0 Å². The minimum atomic E-state index is -0.112. The average molecular weight is 283 g/mol. The number of aromatic nitrogens is 1. The van der Waals surface area contributed by atoms with Crippen LogP contribution in [0.25, 0.3) is 0 Å². The Bertz CT molecular complexity index is 379. The molecule has 1 aliphatic rings. The number of nitrogens with zero attached hydrogens (tertiary/aromatic N) is 2. The Morgan fingerprint density at radius 1 is 1.42 bits per heavy atom. The summed E-state index contributed by atoms with van der Waals surface area (Å²) in [5.41, 5.74) is 0. The third kappa shape index (κ3) is 4.16. The summed E-state index contributed by atoms with van der Waals surface area (Å²) in [6.45, 7) is 7.20. The van der Waals surface area contributed by atoms with Gasteiger partial charge in [0.25, 0.3) is 0 Å². The van der Waals surface area contributed by atoms with Gasteiger partial charge in [-0.15, -0.1) is 11.3 Å². The largest absolute Gasteiger partial charge is 0.393 e. The first kappa shape index (κ1) is 14.8. The van der Waals surface area contributed by atoms with E-state index in [1.807, 2.05) is 6.20 Å². The fourth-order valence-electron chi connectivity index (χ4n) is 2.61. The SMILES string of the molecule is CCN(CC)c1ncc(CNC2CCCC(O)C2)s1. The molecule has 0 radical (unpaired) electrons. The van der Waals surface area contributed by atoms with Gasteiger partial charge >= 0.3 is 0 Å². The summed E-state index contributed by atoms with van der Waals surface area (Å²) in [5, 5.41) is 14.3. The molecule has 108 valence electrons. The first-order valence-corrected chi connectivity index (χ1v) is 8.15. The van der Waals surface area contributed by atoms with Crippen LogP contribution in [0, 0.1) is 0 Å². The smallest absolute Gasteiger partial charge is 0.185 e. The van der Waals surface area contributed by atoms with Crippen molar-refractivity contribution in [3.63, 3.8) is 0 Å². The summed E-state index contributed by atoms with van der Waals surface area (Å²) in [5.74, 6) is 0. The van der Waals surface area contributed by atoms with Crippen molar-refractivity contribution in [2.75, 3.05) is 18.0 Å². The molecule has 0 bridgehead atoms. The van der Waals surface area contributed by atoms with Gasteiger partial charge in [-0.25, -0.2) is 4.98 Å². The summed E-state index contributed by atoms with van der Waals surface area (Å²) in [4.78, 5) is 8.05. The van der Waals surface area contributed by atoms with Crippen LogP contribution in [-0.2, 0) is 6.54 Å². The second-order valence-corrected chi connectivity index (χ2v) is 6.27. The van der Waals surface area contributed by atoms with E-state index >= 15 is 0 Å². The Labute approximate surface area is 119 Å². The highest BCUT2D eigenvalue weighted by atomic mass is 32.1. The van der Waals surface area contributed by atoms with Crippen molar-refractivity contribution in [2.45, 2.75) is 58.2 Å². The maximum atomic E-state index is 9.66. The van der Waals surface area contributed by atoms with Crippen LogP contribution in [0.3, 0.4) is 0 Å². The van der Waals surface area contributed by atoms with Crippen LogP contribution in [0.15, 0.2) is 6.20 Å². The molecular weight excluding hydrogens is 258 g/mol. The van der Waals surface area contributed by atoms with Gasteiger partial charge in [-0.3, -0.25) is 0 Å². The van der Waals surface area contributed by atoms with Crippen LogP contribution in [0.1, 0.15) is 44.4 Å². The fourth-order valence-corrected chi connectivity index (χ4v) is 3.60. The maximum absolute atomic E-state index is 9.66. The minimum absolute atomic E-state index is 0.112. The summed E-state index contributed by atoms with van der Waals surface area (Å²) < 4.78 is 0. The van der Waals surface area contributed by atoms with Crippen molar-refractivity contribution in [1.82, 2.24) is 10.3 Å². The first-order chi connectivity index (χ1) is 9.22. The summed E-state index contributed by atoms with van der Waals surface area (Å²) in [6.07, 6.45) is 6.03. The van der Waals surface area contributed by atoms with Crippen LogP contribution in [0.4, 0.5) is 5.13 Å². The maximum Gasteiger partial charge on any atom is 0.185 e. The molecule has 5 heteroatoms. The Morgan fingerprint density at radius 2 is 2.21 bits per heavy atom. The highest BCUT2D eigenvalue weighted by Crippen LogP contribution is 2.23. The van der Waals surface area contributed by atoms with Gasteiger partial charge in [0.15, 0.2) is 5.13 Å². The molecule has 0 spiro atoms. The second-order valence-electron chi connectivity index (χ2n) is 5.18. The summed E-state index contributed by atoms with van der Waals surface area (Å²) in [7, 11) is 0. The number of thiazole rings is 1. The van der Waals surface area contributed by atoms with E-state index in [1.54, 1.807) is 11.3 Å². The lowest BCUT2D eigenvalue weighted by Crippen LogP contribution is -2.35. The van der Waals surface area contributed by atoms with E-state index in [9.17, 15) is 5.11 Å². The molecule has 1 fully saturated rings. The molecule has 0 amide bonds. The van der Waals surface area contributed by atoms with Gasteiger partial charge in [0.05, 0.1) is 6.10 Å². The second kappa shape index (κ2) is 7.22. The van der Waals surface area contributed by atoms with Crippen molar-refractivity contribution in [3.05, 3.63) is 11.1 Å². The minimum Gasteiger partial charge on any atom is -0.393 e. The molecule has 0 saturated heterocycles. The quantitative estimate of drug-likeness (QED) is 0.841. The van der Waals surface area contributed by atoms with Crippen LogP contribution in [0.5, 0.6) is 0 Å². The van der Waals surface area contributed by atoms with Gasteiger partial charge in [-0.1, -0.05) is 0 Å². The van der Waals surface area contributed by atoms with Gasteiger partial charge < -0.3 is 15.3 Å². The van der Waals surface area contributed by atoms with Gasteiger partial charge in [0.2, 0.25) is 0 Å². The average Bonchev–Trinajstić information content (AvgIpc) is 2.87. The van der Waals surface area contributed by atoms with Crippen molar-refractivity contribution in [1.29, 1.82) is 0 Å². The predicted molar refractivity (Wildman–Crippen MR) is 80.8 cm³/mol. The van der Waals surface area contributed by atoms with Crippen molar-refractivity contribution < 1.29 is 5.11 Å². The Hall–Kier alpha value is -0.650. The van der Waals surface area contributed by atoms with Gasteiger partial charge in [0.1, 0.15) is 0 Å². The van der Waals surface area contributed by atoms with Crippen LogP contribution >= 0.6 is 11.3 Å². The summed E-state index contributed by atoms with van der Waals surface area (Å²) in [6, 6.07) is 0.461. The lowest BCUT2D eigenvalue weighted by molar-refractivity contribution is 0.111. The first-order valence-electron chi connectivity index (χ1n) is 7.34. The molecule has 2 rings (SSSR count). The predicted octanol–water partition coefficient (Wildman–Crippen LogP) is 2.38. The normalized spacial score (nSPS) is 23.5. The number of hydrogen-bond donors (Lipinski definition) is 2. The molecule has 0 aliphatic heterocycles. The molecule has 1 aromatic heterocycles. The molecule has 19 heavy (non-hydrogen) atoms. The molecule has 1 heterocycles.